The number of pyridine rings is 1. The highest BCUT2D eigenvalue weighted by Crippen LogP contribution is 2.38. The summed E-state index contributed by atoms with van der Waals surface area (Å²) in [7, 11) is 0. The van der Waals surface area contributed by atoms with Crippen molar-refractivity contribution in [3.8, 4) is 0 Å². The molecule has 0 bridgehead atoms. The molecule has 3 aromatic rings. The number of thioether (sulfide) groups is 1. The van der Waals surface area contributed by atoms with E-state index in [1.807, 2.05) is 49.4 Å². The topological polar surface area (TPSA) is 54.7 Å². The van der Waals surface area contributed by atoms with E-state index in [1.54, 1.807) is 21.6 Å². The monoisotopic (exact) mass is 479 g/mol. The van der Waals surface area contributed by atoms with Crippen LogP contribution in [0.2, 0.25) is 0 Å². The quantitative estimate of drug-likeness (QED) is 0.288. The molecule has 1 saturated heterocycles. The van der Waals surface area contributed by atoms with E-state index < -0.39 is 0 Å². The van der Waals surface area contributed by atoms with Crippen LogP contribution in [0.25, 0.3) is 11.7 Å². The number of aromatic nitrogens is 2. The molecule has 32 heavy (non-hydrogen) atoms. The fourth-order valence-electron chi connectivity index (χ4n) is 4.18. The molecule has 1 amide bonds. The summed E-state index contributed by atoms with van der Waals surface area (Å²) in [5.41, 5.74) is 1.75. The number of carbonyl (C=O) groups excluding carboxylic acids is 1. The smallest absolute Gasteiger partial charge is 0.266 e. The molecule has 0 unspecified atom stereocenters. The van der Waals surface area contributed by atoms with Crippen molar-refractivity contribution in [1.29, 1.82) is 0 Å². The largest absolute Gasteiger partial charge is 0.290 e. The average Bonchev–Trinajstić information content (AvgIpc) is 3.40. The summed E-state index contributed by atoms with van der Waals surface area (Å²) < 4.78 is 2.13. The van der Waals surface area contributed by atoms with Gasteiger partial charge in [0.1, 0.15) is 15.0 Å². The van der Waals surface area contributed by atoms with Crippen LogP contribution in [0, 0.1) is 6.92 Å². The van der Waals surface area contributed by atoms with Gasteiger partial charge in [-0.05, 0) is 49.6 Å². The molecule has 8 heteroatoms. The van der Waals surface area contributed by atoms with E-state index in [2.05, 4.69) is 0 Å². The van der Waals surface area contributed by atoms with Crippen molar-refractivity contribution in [2.24, 2.45) is 0 Å². The molecular formula is C24H21N3O2S3. The van der Waals surface area contributed by atoms with Crippen LogP contribution in [0.3, 0.4) is 0 Å². The second kappa shape index (κ2) is 8.84. The normalized spacial score (nSPS) is 18.4. The predicted octanol–water partition coefficient (Wildman–Crippen LogP) is 5.30. The van der Waals surface area contributed by atoms with Crippen molar-refractivity contribution >= 4 is 57.7 Å². The third-order valence-electron chi connectivity index (χ3n) is 5.80. The Morgan fingerprint density at radius 1 is 1.12 bits per heavy atom. The molecule has 0 spiro atoms. The summed E-state index contributed by atoms with van der Waals surface area (Å²) >= 11 is 8.24. The number of hydrogen-bond donors (Lipinski definition) is 0. The Balaban J connectivity index is 1.63. The summed E-state index contributed by atoms with van der Waals surface area (Å²) in [6, 6.07) is 13.8. The molecule has 2 aromatic heterocycles. The molecule has 5 nitrogen and oxygen atoms in total. The highest BCUT2D eigenvalue weighted by Gasteiger charge is 2.38. The number of fused-ring (bicyclic) bond motifs is 1. The zero-order valence-corrected chi connectivity index (χ0v) is 19.9. The lowest BCUT2D eigenvalue weighted by molar-refractivity contribution is -0.123. The van der Waals surface area contributed by atoms with Gasteiger partial charge in [0.2, 0.25) is 0 Å². The predicted molar refractivity (Wildman–Crippen MR) is 134 cm³/mol. The minimum atomic E-state index is -0.191. The summed E-state index contributed by atoms with van der Waals surface area (Å²) in [5.74, 6) is -0.101. The van der Waals surface area contributed by atoms with Gasteiger partial charge in [-0.2, -0.15) is 0 Å². The molecule has 1 aliphatic heterocycles. The van der Waals surface area contributed by atoms with Crippen LogP contribution in [0.1, 0.15) is 36.8 Å². The second-order valence-corrected chi connectivity index (χ2v) is 10.7. The minimum Gasteiger partial charge on any atom is -0.290 e. The van der Waals surface area contributed by atoms with Crippen molar-refractivity contribution in [3.63, 3.8) is 0 Å². The van der Waals surface area contributed by atoms with E-state index in [0.717, 1.165) is 36.1 Å². The van der Waals surface area contributed by atoms with Crippen LogP contribution in [-0.4, -0.2) is 30.6 Å². The van der Waals surface area contributed by atoms with Gasteiger partial charge < -0.3 is 0 Å². The highest BCUT2D eigenvalue weighted by molar-refractivity contribution is 8.26. The highest BCUT2D eigenvalue weighted by atomic mass is 32.2. The summed E-state index contributed by atoms with van der Waals surface area (Å²) in [6.07, 6.45) is 7.60. The Bertz CT molecular complexity index is 1310. The first-order chi connectivity index (χ1) is 15.5. The lowest BCUT2D eigenvalue weighted by Crippen LogP contribution is -2.36. The maximum Gasteiger partial charge on any atom is 0.266 e. The zero-order chi connectivity index (χ0) is 22.2. The molecule has 0 atom stereocenters. The van der Waals surface area contributed by atoms with E-state index in [9.17, 15) is 9.59 Å². The average molecular weight is 480 g/mol. The number of rotatable bonds is 4. The van der Waals surface area contributed by atoms with Crippen molar-refractivity contribution in [2.45, 2.75) is 48.6 Å². The molecule has 1 aliphatic carbocycles. The molecule has 0 radical (unpaired) electrons. The molecule has 1 aromatic carbocycles. The molecule has 2 fully saturated rings. The van der Waals surface area contributed by atoms with Gasteiger partial charge in [-0.15, -0.1) is 0 Å². The van der Waals surface area contributed by atoms with Crippen molar-refractivity contribution in [3.05, 3.63) is 75.0 Å². The first kappa shape index (κ1) is 21.4. The van der Waals surface area contributed by atoms with Crippen LogP contribution < -0.4 is 5.56 Å². The maximum absolute atomic E-state index is 13.5. The molecular weight excluding hydrogens is 458 g/mol. The standard InChI is InChI=1S/C24H21N3O2S3/c1-15-8-7-13-26-20(15)25-21(31-17-11-3-2-4-12-17)18(22(26)28)14-19-23(29)27(24(30)32-19)16-9-5-6-10-16/h2-4,7-8,11-14,16H,5-6,9-10H2,1H3/b19-14+. The van der Waals surface area contributed by atoms with Crippen LogP contribution in [0.4, 0.5) is 0 Å². The number of thiocarbonyl (C=S) groups is 1. The maximum atomic E-state index is 13.5. The summed E-state index contributed by atoms with van der Waals surface area (Å²) in [4.78, 5) is 34.8. The summed E-state index contributed by atoms with van der Waals surface area (Å²) in [6.45, 7) is 1.94. The molecule has 2 aliphatic rings. The first-order valence-corrected chi connectivity index (χ1v) is 12.6. The van der Waals surface area contributed by atoms with Gasteiger partial charge in [0.15, 0.2) is 0 Å². The van der Waals surface area contributed by atoms with E-state index in [1.165, 1.54) is 23.5 Å². The van der Waals surface area contributed by atoms with Gasteiger partial charge >= 0.3 is 0 Å². The Hall–Kier alpha value is -2.42. The number of benzene rings is 1. The lowest BCUT2D eigenvalue weighted by Gasteiger charge is -2.21. The third kappa shape index (κ3) is 3.91. The molecule has 0 N–H and O–H groups in total. The lowest BCUT2D eigenvalue weighted by atomic mass is 10.2. The van der Waals surface area contributed by atoms with E-state index >= 15 is 0 Å². The molecule has 162 valence electrons. The van der Waals surface area contributed by atoms with Crippen LogP contribution in [0.5, 0.6) is 0 Å². The van der Waals surface area contributed by atoms with Gasteiger partial charge in [-0.1, -0.05) is 72.8 Å². The number of aryl methyl sites for hydroxylation is 1. The number of hydrogen-bond acceptors (Lipinski definition) is 6. The second-order valence-electron chi connectivity index (χ2n) is 7.93. The number of amides is 1. The molecule has 1 saturated carbocycles. The van der Waals surface area contributed by atoms with Gasteiger partial charge in [-0.3, -0.25) is 18.9 Å². The van der Waals surface area contributed by atoms with E-state index in [4.69, 9.17) is 17.2 Å². The fourth-order valence-corrected chi connectivity index (χ4v) is 6.47. The van der Waals surface area contributed by atoms with Crippen molar-refractivity contribution < 1.29 is 4.79 Å². The van der Waals surface area contributed by atoms with Gasteiger partial charge in [-0.25, -0.2) is 4.98 Å². The first-order valence-electron chi connectivity index (χ1n) is 10.5. The Morgan fingerprint density at radius 2 is 1.88 bits per heavy atom. The van der Waals surface area contributed by atoms with Crippen LogP contribution >= 0.6 is 35.7 Å². The summed E-state index contributed by atoms with van der Waals surface area (Å²) in [5, 5.41) is 0.585. The van der Waals surface area contributed by atoms with Gasteiger partial charge in [0, 0.05) is 17.1 Å². The van der Waals surface area contributed by atoms with Crippen molar-refractivity contribution in [2.75, 3.05) is 0 Å². The zero-order valence-electron chi connectivity index (χ0n) is 17.5. The Morgan fingerprint density at radius 3 is 2.62 bits per heavy atom. The number of nitrogens with zero attached hydrogens (tertiary/aromatic N) is 3. The van der Waals surface area contributed by atoms with Crippen LogP contribution in [0.15, 0.2) is 68.3 Å². The van der Waals surface area contributed by atoms with E-state index in [-0.39, 0.29) is 17.5 Å². The van der Waals surface area contributed by atoms with Crippen LogP contribution in [-0.2, 0) is 4.79 Å². The molecule has 5 rings (SSSR count). The van der Waals surface area contributed by atoms with E-state index in [0.29, 0.717) is 25.5 Å². The fraction of sp³-hybridized carbons (Fsp3) is 0.250. The Kier molecular flexibility index (Phi) is 5.92. The SMILES string of the molecule is Cc1cccn2c(=O)c(/C=C3/SC(=S)N(C4CCCC4)C3=O)c(Sc3ccccc3)nc12. The third-order valence-corrected chi connectivity index (χ3v) is 8.14. The number of carbonyl (C=O) groups is 1. The molecule has 3 heterocycles. The Labute approximate surface area is 199 Å². The van der Waals surface area contributed by atoms with Gasteiger partial charge in [0.25, 0.3) is 11.5 Å². The van der Waals surface area contributed by atoms with Gasteiger partial charge in [0.05, 0.1) is 10.5 Å². The minimum absolute atomic E-state index is 0.101. The van der Waals surface area contributed by atoms with Crippen molar-refractivity contribution in [1.82, 2.24) is 14.3 Å².